The number of halogens is 3. The van der Waals surface area contributed by atoms with Gasteiger partial charge < -0.3 is 4.84 Å². The molecule has 0 saturated heterocycles. The number of carbonyl (C=O) groups is 1. The zero-order valence-corrected chi connectivity index (χ0v) is 12.8. The first kappa shape index (κ1) is 14.2. The van der Waals surface area contributed by atoms with E-state index < -0.39 is 6.09 Å². The SMILES string of the molecule is CN(C(=O)On1c(Cl)nc(Br)c1Cl)c1ccccc1. The number of hydrogen-bond donors (Lipinski definition) is 0. The Morgan fingerprint density at radius 1 is 1.37 bits per heavy atom. The number of nitrogens with zero attached hydrogens (tertiary/aromatic N) is 3. The van der Waals surface area contributed by atoms with Crippen molar-refractivity contribution < 1.29 is 9.63 Å². The highest BCUT2D eigenvalue weighted by molar-refractivity contribution is 9.10. The van der Waals surface area contributed by atoms with Crippen molar-refractivity contribution >= 4 is 50.9 Å². The van der Waals surface area contributed by atoms with E-state index in [1.807, 2.05) is 18.2 Å². The number of carbonyl (C=O) groups excluding carboxylic acids is 1. The highest BCUT2D eigenvalue weighted by atomic mass is 79.9. The van der Waals surface area contributed by atoms with Gasteiger partial charge >= 0.3 is 6.09 Å². The van der Waals surface area contributed by atoms with E-state index in [0.29, 0.717) is 10.3 Å². The molecule has 0 N–H and O–H groups in total. The minimum absolute atomic E-state index is 0.0494. The fourth-order valence-corrected chi connectivity index (χ4v) is 2.15. The molecule has 8 heteroatoms. The zero-order valence-electron chi connectivity index (χ0n) is 9.68. The number of para-hydroxylation sites is 1. The van der Waals surface area contributed by atoms with Gasteiger partial charge in [-0.2, -0.15) is 0 Å². The Labute approximate surface area is 127 Å². The van der Waals surface area contributed by atoms with Crippen molar-refractivity contribution in [2.75, 3.05) is 11.9 Å². The molecule has 1 heterocycles. The lowest BCUT2D eigenvalue weighted by molar-refractivity contribution is 0.142. The fraction of sp³-hybridized carbons (Fsp3) is 0.0909. The maximum absolute atomic E-state index is 11.9. The monoisotopic (exact) mass is 363 g/mol. The van der Waals surface area contributed by atoms with Crippen molar-refractivity contribution in [3.05, 3.63) is 45.4 Å². The van der Waals surface area contributed by atoms with E-state index in [1.165, 1.54) is 4.90 Å². The average molecular weight is 365 g/mol. The maximum Gasteiger partial charge on any atom is 0.438 e. The summed E-state index contributed by atoms with van der Waals surface area (Å²) < 4.78 is 1.24. The predicted octanol–water partition coefficient (Wildman–Crippen LogP) is 3.64. The second-order valence-corrected chi connectivity index (χ2v) is 4.96. The lowest BCUT2D eigenvalue weighted by atomic mass is 10.3. The summed E-state index contributed by atoms with van der Waals surface area (Å²) in [4.78, 5) is 22.1. The molecule has 1 amide bonds. The van der Waals surface area contributed by atoms with E-state index in [1.54, 1.807) is 19.2 Å². The van der Waals surface area contributed by atoms with E-state index in [-0.39, 0.29) is 10.4 Å². The second-order valence-electron chi connectivity index (χ2n) is 3.51. The van der Waals surface area contributed by atoms with Crippen LogP contribution in [-0.2, 0) is 0 Å². The molecule has 1 aromatic heterocycles. The van der Waals surface area contributed by atoms with Gasteiger partial charge in [-0.3, -0.25) is 4.90 Å². The number of benzene rings is 1. The number of rotatable bonds is 2. The predicted molar refractivity (Wildman–Crippen MR) is 76.8 cm³/mol. The molecule has 1 aromatic carbocycles. The molecular weight excluding hydrogens is 357 g/mol. The summed E-state index contributed by atoms with van der Waals surface area (Å²) in [6.45, 7) is 0. The standard InChI is InChI=1S/C11H8BrCl2N3O2/c1-16(7-5-3-2-4-6-7)11(18)19-17-9(13)8(12)15-10(17)14/h2-6H,1H3. The fourth-order valence-electron chi connectivity index (χ4n) is 1.31. The molecule has 100 valence electrons. The van der Waals surface area contributed by atoms with Crippen molar-refractivity contribution in [1.82, 2.24) is 9.71 Å². The van der Waals surface area contributed by atoms with Gasteiger partial charge in [0, 0.05) is 12.7 Å². The van der Waals surface area contributed by atoms with Crippen LogP contribution in [0, 0.1) is 0 Å². The van der Waals surface area contributed by atoms with E-state index in [4.69, 9.17) is 28.0 Å². The number of anilines is 1. The van der Waals surface area contributed by atoms with Crippen molar-refractivity contribution in [3.8, 4) is 0 Å². The van der Waals surface area contributed by atoms with Crippen molar-refractivity contribution in [2.24, 2.45) is 0 Å². The normalized spacial score (nSPS) is 10.3. The third-order valence-corrected chi connectivity index (χ3v) is 3.65. The topological polar surface area (TPSA) is 47.4 Å². The minimum atomic E-state index is -0.639. The van der Waals surface area contributed by atoms with Gasteiger partial charge in [0.2, 0.25) is 5.28 Å². The molecular formula is C11H8BrCl2N3O2. The van der Waals surface area contributed by atoms with Gasteiger partial charge in [-0.25, -0.2) is 9.78 Å². The molecule has 0 radical (unpaired) electrons. The summed E-state index contributed by atoms with van der Waals surface area (Å²) in [7, 11) is 1.57. The number of amides is 1. The van der Waals surface area contributed by atoms with Gasteiger partial charge in [0.1, 0.15) is 4.60 Å². The molecule has 0 aliphatic carbocycles. The van der Waals surface area contributed by atoms with E-state index >= 15 is 0 Å². The summed E-state index contributed by atoms with van der Waals surface area (Å²) >= 11 is 14.8. The summed E-state index contributed by atoms with van der Waals surface area (Å²) in [5.74, 6) is 0. The van der Waals surface area contributed by atoms with E-state index in [2.05, 4.69) is 20.9 Å². The highest BCUT2D eigenvalue weighted by Gasteiger charge is 2.19. The van der Waals surface area contributed by atoms with Crippen LogP contribution in [0.15, 0.2) is 34.9 Å². The first-order chi connectivity index (χ1) is 9.00. The molecule has 2 aromatic rings. The Morgan fingerprint density at radius 2 is 2.00 bits per heavy atom. The highest BCUT2D eigenvalue weighted by Crippen LogP contribution is 2.25. The summed E-state index contributed by atoms with van der Waals surface area (Å²) in [6.07, 6.45) is -0.639. The summed E-state index contributed by atoms with van der Waals surface area (Å²) in [6, 6.07) is 9.02. The molecule has 0 aliphatic rings. The van der Waals surface area contributed by atoms with Crippen LogP contribution in [0.1, 0.15) is 0 Å². The van der Waals surface area contributed by atoms with E-state index in [9.17, 15) is 4.79 Å². The summed E-state index contributed by atoms with van der Waals surface area (Å²) in [5.41, 5.74) is 0.680. The third-order valence-electron chi connectivity index (χ3n) is 2.29. The maximum atomic E-state index is 11.9. The Balaban J connectivity index is 2.18. The number of hydrogen-bond acceptors (Lipinski definition) is 3. The van der Waals surface area contributed by atoms with Crippen LogP contribution in [0.5, 0.6) is 0 Å². The largest absolute Gasteiger partial charge is 0.438 e. The van der Waals surface area contributed by atoms with Crippen LogP contribution >= 0.6 is 39.1 Å². The van der Waals surface area contributed by atoms with Crippen LogP contribution in [0.25, 0.3) is 0 Å². The molecule has 0 aliphatic heterocycles. The molecule has 0 unspecified atom stereocenters. The van der Waals surface area contributed by atoms with Gasteiger partial charge in [0.05, 0.1) is 0 Å². The Morgan fingerprint density at radius 3 is 2.53 bits per heavy atom. The second kappa shape index (κ2) is 5.81. The van der Waals surface area contributed by atoms with Crippen molar-refractivity contribution in [1.29, 1.82) is 0 Å². The van der Waals surface area contributed by atoms with E-state index in [0.717, 1.165) is 4.73 Å². The molecule has 0 bridgehead atoms. The molecule has 0 saturated carbocycles. The quantitative estimate of drug-likeness (QED) is 0.817. The third kappa shape index (κ3) is 3.02. The Kier molecular flexibility index (Phi) is 4.34. The van der Waals surface area contributed by atoms with Gasteiger partial charge in [-0.15, -0.1) is 4.73 Å². The van der Waals surface area contributed by atoms with Gasteiger partial charge in [0.15, 0.2) is 5.15 Å². The Hall–Kier alpha value is -1.24. The summed E-state index contributed by atoms with van der Waals surface area (Å²) in [5, 5.41) is 0.0338. The lowest BCUT2D eigenvalue weighted by Crippen LogP contribution is -2.34. The van der Waals surface area contributed by atoms with Gasteiger partial charge in [0.25, 0.3) is 0 Å². The van der Waals surface area contributed by atoms with Crippen molar-refractivity contribution in [3.63, 3.8) is 0 Å². The lowest BCUT2D eigenvalue weighted by Gasteiger charge is -2.16. The van der Waals surface area contributed by atoms with Crippen LogP contribution in [-0.4, -0.2) is 22.9 Å². The zero-order chi connectivity index (χ0) is 14.0. The van der Waals surface area contributed by atoms with Crippen molar-refractivity contribution in [2.45, 2.75) is 0 Å². The molecule has 19 heavy (non-hydrogen) atoms. The number of aromatic nitrogens is 2. The van der Waals surface area contributed by atoms with Gasteiger partial charge in [-0.05, 0) is 39.7 Å². The van der Waals surface area contributed by atoms with Crippen LogP contribution in [0.3, 0.4) is 0 Å². The van der Waals surface area contributed by atoms with Crippen LogP contribution in [0.2, 0.25) is 10.4 Å². The molecule has 0 fully saturated rings. The Bertz CT molecular complexity index is 603. The number of imidazole rings is 1. The first-order valence-electron chi connectivity index (χ1n) is 5.11. The molecule has 2 rings (SSSR count). The molecule has 0 atom stereocenters. The van der Waals surface area contributed by atoms with Gasteiger partial charge in [-0.1, -0.05) is 29.8 Å². The molecule has 5 nitrogen and oxygen atoms in total. The first-order valence-corrected chi connectivity index (χ1v) is 6.66. The average Bonchev–Trinajstić information content (AvgIpc) is 2.65. The molecule has 0 spiro atoms. The minimum Gasteiger partial charge on any atom is -0.313 e. The van der Waals surface area contributed by atoms with Crippen LogP contribution in [0.4, 0.5) is 10.5 Å². The van der Waals surface area contributed by atoms with Crippen LogP contribution < -0.4 is 9.74 Å². The smallest absolute Gasteiger partial charge is 0.313 e.